The lowest BCUT2D eigenvalue weighted by molar-refractivity contribution is -0.164. The minimum absolute atomic E-state index is 0.0305. The Morgan fingerprint density at radius 2 is 2.00 bits per heavy atom. The number of amides is 1. The number of ketones is 1. The van der Waals surface area contributed by atoms with Crippen LogP contribution in [0.5, 0.6) is 5.75 Å². The zero-order valence-electron chi connectivity index (χ0n) is 16.1. The van der Waals surface area contributed by atoms with Crippen molar-refractivity contribution in [1.29, 1.82) is 0 Å². The zero-order chi connectivity index (χ0) is 21.7. The molecule has 2 aromatic rings. The van der Waals surface area contributed by atoms with Gasteiger partial charge in [-0.1, -0.05) is 11.6 Å². The number of benzene rings is 1. The number of hydrogen-bond donors (Lipinski definition) is 1. The van der Waals surface area contributed by atoms with Crippen LogP contribution in [0.3, 0.4) is 0 Å². The van der Waals surface area contributed by atoms with Crippen molar-refractivity contribution in [3.63, 3.8) is 0 Å². The van der Waals surface area contributed by atoms with E-state index in [-0.39, 0.29) is 52.1 Å². The molecule has 3 saturated carbocycles. The summed E-state index contributed by atoms with van der Waals surface area (Å²) < 4.78 is 45.4. The van der Waals surface area contributed by atoms with Gasteiger partial charge in [0.25, 0.3) is 12.3 Å². The van der Waals surface area contributed by atoms with Crippen LogP contribution in [0.4, 0.5) is 13.2 Å². The number of hydrogen-bond acceptors (Lipinski definition) is 4. The number of alkyl halides is 2. The lowest BCUT2D eigenvalue weighted by atomic mass is 9.38. The molecule has 30 heavy (non-hydrogen) atoms. The number of carbonyl (C=O) groups is 2. The van der Waals surface area contributed by atoms with Gasteiger partial charge in [-0.15, -0.1) is 0 Å². The van der Waals surface area contributed by atoms with E-state index >= 15 is 0 Å². The standard InChI is InChI=1S/C20H19ClF3N3O3/c1-27-15(5-14(26-27)18(23)24)16(28)6-19-8-20(9-19,10-19)25-17(29)7-30-11-2-3-12(21)13(22)4-11/h2-5,18H,6-10H2,1H3,(H,25,29). The van der Waals surface area contributed by atoms with E-state index < -0.39 is 17.9 Å². The largest absolute Gasteiger partial charge is 0.484 e. The summed E-state index contributed by atoms with van der Waals surface area (Å²) in [4.78, 5) is 24.7. The monoisotopic (exact) mass is 441 g/mol. The minimum Gasteiger partial charge on any atom is -0.484 e. The van der Waals surface area contributed by atoms with Crippen molar-refractivity contribution in [1.82, 2.24) is 15.1 Å². The van der Waals surface area contributed by atoms with E-state index in [1.54, 1.807) is 0 Å². The molecule has 0 saturated heterocycles. The third kappa shape index (κ3) is 3.78. The molecule has 2 bridgehead atoms. The van der Waals surface area contributed by atoms with Crippen molar-refractivity contribution >= 4 is 23.3 Å². The molecule has 1 aromatic heterocycles. The summed E-state index contributed by atoms with van der Waals surface area (Å²) in [6.07, 6.45) is -0.558. The number of carbonyl (C=O) groups excluding carboxylic acids is 2. The zero-order valence-corrected chi connectivity index (χ0v) is 16.8. The molecule has 1 N–H and O–H groups in total. The number of ether oxygens (including phenoxy) is 1. The summed E-state index contributed by atoms with van der Waals surface area (Å²) in [7, 11) is 1.47. The van der Waals surface area contributed by atoms with Crippen LogP contribution >= 0.6 is 11.6 Å². The summed E-state index contributed by atoms with van der Waals surface area (Å²) in [5.74, 6) is -0.997. The Labute approximate surface area is 175 Å². The molecule has 0 aliphatic heterocycles. The highest BCUT2D eigenvalue weighted by molar-refractivity contribution is 6.30. The van der Waals surface area contributed by atoms with Crippen LogP contribution in [0, 0.1) is 11.2 Å². The molecule has 1 aromatic carbocycles. The molecular weight excluding hydrogens is 423 g/mol. The maximum Gasteiger partial charge on any atom is 0.282 e. The van der Waals surface area contributed by atoms with E-state index in [2.05, 4.69) is 10.4 Å². The maximum absolute atomic E-state index is 13.4. The lowest BCUT2D eigenvalue weighted by Crippen LogP contribution is -2.75. The van der Waals surface area contributed by atoms with Gasteiger partial charge >= 0.3 is 0 Å². The molecule has 3 aliphatic rings. The van der Waals surface area contributed by atoms with Gasteiger partial charge in [-0.3, -0.25) is 14.3 Å². The molecule has 3 aliphatic carbocycles. The second-order valence-corrected chi connectivity index (χ2v) is 8.61. The topological polar surface area (TPSA) is 73.2 Å². The van der Waals surface area contributed by atoms with Gasteiger partial charge in [-0.05, 0) is 42.9 Å². The summed E-state index contributed by atoms with van der Waals surface area (Å²) >= 11 is 5.60. The third-order valence-electron chi connectivity index (χ3n) is 5.75. The lowest BCUT2D eigenvalue weighted by Gasteiger charge is -2.70. The van der Waals surface area contributed by atoms with Crippen LogP contribution in [0.15, 0.2) is 24.3 Å². The molecule has 0 spiro atoms. The number of nitrogens with zero attached hydrogens (tertiary/aromatic N) is 2. The van der Waals surface area contributed by atoms with Gasteiger partial charge in [-0.2, -0.15) is 5.10 Å². The van der Waals surface area contributed by atoms with E-state index in [1.807, 2.05) is 0 Å². The second-order valence-electron chi connectivity index (χ2n) is 8.20. The quantitative estimate of drug-likeness (QED) is 0.632. The normalized spacial score (nSPS) is 24.2. The summed E-state index contributed by atoms with van der Waals surface area (Å²) in [6.45, 7) is -0.264. The Bertz CT molecular complexity index is 1000. The van der Waals surface area contributed by atoms with Crippen molar-refractivity contribution in [3.8, 4) is 5.75 Å². The van der Waals surface area contributed by atoms with Crippen LogP contribution in [0.2, 0.25) is 5.02 Å². The molecule has 0 radical (unpaired) electrons. The molecule has 10 heteroatoms. The Morgan fingerprint density at radius 3 is 2.60 bits per heavy atom. The van der Waals surface area contributed by atoms with E-state index in [4.69, 9.17) is 16.3 Å². The number of aryl methyl sites for hydroxylation is 1. The molecule has 1 amide bonds. The smallest absolute Gasteiger partial charge is 0.282 e. The minimum atomic E-state index is -2.72. The number of nitrogens with one attached hydrogen (secondary N) is 1. The summed E-state index contributed by atoms with van der Waals surface area (Å²) in [6, 6.07) is 5.05. The Kier molecular flexibility index (Phi) is 5.04. The molecule has 3 fully saturated rings. The average molecular weight is 442 g/mol. The Hall–Kier alpha value is -2.55. The Morgan fingerprint density at radius 1 is 1.30 bits per heavy atom. The van der Waals surface area contributed by atoms with E-state index in [0.717, 1.165) is 12.1 Å². The highest BCUT2D eigenvalue weighted by Gasteiger charge is 2.68. The third-order valence-corrected chi connectivity index (χ3v) is 6.06. The fourth-order valence-electron chi connectivity index (χ4n) is 4.65. The number of aromatic nitrogens is 2. The molecule has 5 rings (SSSR count). The van der Waals surface area contributed by atoms with Crippen LogP contribution in [-0.4, -0.2) is 33.6 Å². The fourth-order valence-corrected chi connectivity index (χ4v) is 4.77. The van der Waals surface area contributed by atoms with Crippen LogP contribution < -0.4 is 10.1 Å². The Balaban J connectivity index is 1.26. The predicted octanol–water partition coefficient (Wildman–Crippen LogP) is 3.84. The van der Waals surface area contributed by atoms with Crippen molar-refractivity contribution < 1.29 is 27.5 Å². The summed E-state index contributed by atoms with van der Waals surface area (Å²) in [5.41, 5.74) is -0.814. The first-order valence-corrected chi connectivity index (χ1v) is 9.72. The van der Waals surface area contributed by atoms with Gasteiger partial charge in [0.1, 0.15) is 23.0 Å². The van der Waals surface area contributed by atoms with Gasteiger partial charge in [0.15, 0.2) is 12.4 Å². The number of Topliss-reactive ketones (excluding diaryl/α,β-unsaturated/α-hetero) is 1. The number of rotatable bonds is 8. The van der Waals surface area contributed by atoms with E-state index in [1.165, 1.54) is 23.9 Å². The van der Waals surface area contributed by atoms with Crippen LogP contribution in [-0.2, 0) is 11.8 Å². The number of halogens is 4. The van der Waals surface area contributed by atoms with Gasteiger partial charge < -0.3 is 10.1 Å². The second kappa shape index (κ2) is 7.30. The van der Waals surface area contributed by atoms with Gasteiger partial charge in [0.2, 0.25) is 0 Å². The van der Waals surface area contributed by atoms with E-state index in [9.17, 15) is 22.8 Å². The first-order chi connectivity index (χ1) is 14.1. The summed E-state index contributed by atoms with van der Waals surface area (Å²) in [5, 5.41) is 6.55. The maximum atomic E-state index is 13.4. The molecule has 160 valence electrons. The first kappa shape index (κ1) is 20.7. The predicted molar refractivity (Wildman–Crippen MR) is 101 cm³/mol. The molecule has 0 atom stereocenters. The molecule has 1 heterocycles. The van der Waals surface area contributed by atoms with Crippen LogP contribution in [0.25, 0.3) is 0 Å². The highest BCUT2D eigenvalue weighted by Crippen LogP contribution is 2.69. The molecular formula is C20H19ClF3N3O3. The van der Waals surface area contributed by atoms with Gasteiger partial charge in [-0.25, -0.2) is 13.2 Å². The van der Waals surface area contributed by atoms with E-state index in [0.29, 0.717) is 19.3 Å². The molecule has 6 nitrogen and oxygen atoms in total. The molecule has 0 unspecified atom stereocenters. The van der Waals surface area contributed by atoms with Crippen molar-refractivity contribution in [2.45, 2.75) is 37.6 Å². The highest BCUT2D eigenvalue weighted by atomic mass is 35.5. The van der Waals surface area contributed by atoms with Crippen molar-refractivity contribution in [2.75, 3.05) is 6.61 Å². The SMILES string of the molecule is Cn1nc(C(F)F)cc1C(=O)CC12CC(NC(=O)COc3ccc(Cl)c(F)c3)(C1)C2. The first-order valence-electron chi connectivity index (χ1n) is 9.35. The van der Waals surface area contributed by atoms with Gasteiger partial charge in [0, 0.05) is 25.1 Å². The fraction of sp³-hybridized carbons (Fsp3) is 0.450. The van der Waals surface area contributed by atoms with Crippen LogP contribution in [0.1, 0.15) is 48.3 Å². The average Bonchev–Trinajstić information content (AvgIpc) is 3.02. The van der Waals surface area contributed by atoms with Crippen molar-refractivity contribution in [3.05, 3.63) is 46.5 Å². The van der Waals surface area contributed by atoms with Crippen molar-refractivity contribution in [2.24, 2.45) is 12.5 Å². The van der Waals surface area contributed by atoms with Gasteiger partial charge in [0.05, 0.1) is 5.02 Å².